The number of Topliss-reactive ketones (excluding diaryl/α,β-unsaturated/α-hetero) is 1. The standard InChI is InChI=1S/C20H30O/c1-17(21)18-13-15-20(16-14-18)19-11-9-7-5-3-2-4-6-8-10-12-19/h13-16,19H,2-12H2,1H3. The van der Waals surface area contributed by atoms with E-state index in [2.05, 4.69) is 12.1 Å². The van der Waals surface area contributed by atoms with Gasteiger partial charge in [-0.15, -0.1) is 0 Å². The van der Waals surface area contributed by atoms with Crippen LogP contribution in [0.25, 0.3) is 0 Å². The van der Waals surface area contributed by atoms with Gasteiger partial charge in [0.1, 0.15) is 0 Å². The summed E-state index contributed by atoms with van der Waals surface area (Å²) in [7, 11) is 0. The molecule has 2 rings (SSSR count). The van der Waals surface area contributed by atoms with Gasteiger partial charge in [-0.05, 0) is 31.2 Å². The molecular formula is C20H30O. The van der Waals surface area contributed by atoms with E-state index in [4.69, 9.17) is 0 Å². The minimum absolute atomic E-state index is 0.167. The van der Waals surface area contributed by atoms with Gasteiger partial charge in [-0.1, -0.05) is 82.1 Å². The minimum Gasteiger partial charge on any atom is -0.295 e. The first-order chi connectivity index (χ1) is 10.3. The van der Waals surface area contributed by atoms with E-state index in [1.165, 1.54) is 76.2 Å². The van der Waals surface area contributed by atoms with E-state index in [1.54, 1.807) is 6.92 Å². The average molecular weight is 286 g/mol. The van der Waals surface area contributed by atoms with Gasteiger partial charge in [-0.3, -0.25) is 4.79 Å². The second kappa shape index (κ2) is 9.02. The Kier molecular flexibility index (Phi) is 6.99. The van der Waals surface area contributed by atoms with Gasteiger partial charge in [-0.2, -0.15) is 0 Å². The Labute approximate surface area is 130 Å². The number of hydrogen-bond donors (Lipinski definition) is 0. The zero-order valence-electron chi connectivity index (χ0n) is 13.6. The molecule has 1 aromatic rings. The third kappa shape index (κ3) is 5.65. The van der Waals surface area contributed by atoms with Crippen molar-refractivity contribution < 1.29 is 4.79 Å². The van der Waals surface area contributed by atoms with Crippen molar-refractivity contribution in [1.29, 1.82) is 0 Å². The molecule has 0 bridgehead atoms. The fourth-order valence-electron chi connectivity index (χ4n) is 3.49. The second-order valence-electron chi connectivity index (χ2n) is 6.63. The van der Waals surface area contributed by atoms with Gasteiger partial charge in [0.15, 0.2) is 5.78 Å². The Hall–Kier alpha value is -1.11. The Morgan fingerprint density at radius 2 is 1.19 bits per heavy atom. The lowest BCUT2D eigenvalue weighted by molar-refractivity contribution is 0.101. The van der Waals surface area contributed by atoms with Crippen LogP contribution in [0.15, 0.2) is 24.3 Å². The van der Waals surface area contributed by atoms with Crippen molar-refractivity contribution in [2.75, 3.05) is 0 Å². The monoisotopic (exact) mass is 286 g/mol. The van der Waals surface area contributed by atoms with Gasteiger partial charge in [0, 0.05) is 5.56 Å². The predicted octanol–water partition coefficient (Wildman–Crippen LogP) is 6.28. The van der Waals surface area contributed by atoms with Crippen LogP contribution in [0, 0.1) is 0 Å². The lowest BCUT2D eigenvalue weighted by Gasteiger charge is -2.18. The molecule has 0 radical (unpaired) electrons. The Morgan fingerprint density at radius 3 is 1.62 bits per heavy atom. The number of rotatable bonds is 2. The number of benzene rings is 1. The molecule has 1 nitrogen and oxygen atoms in total. The highest BCUT2D eigenvalue weighted by atomic mass is 16.1. The lowest BCUT2D eigenvalue weighted by Crippen LogP contribution is -2.01. The van der Waals surface area contributed by atoms with E-state index >= 15 is 0 Å². The zero-order chi connectivity index (χ0) is 14.9. The zero-order valence-corrected chi connectivity index (χ0v) is 13.6. The van der Waals surface area contributed by atoms with Gasteiger partial charge in [0.2, 0.25) is 0 Å². The average Bonchev–Trinajstić information content (AvgIpc) is 2.48. The molecular weight excluding hydrogens is 256 g/mol. The van der Waals surface area contributed by atoms with E-state index in [9.17, 15) is 4.79 Å². The maximum absolute atomic E-state index is 11.4. The molecule has 0 spiro atoms. The SMILES string of the molecule is CC(=O)c1ccc(C2CCCCCCCCCCC2)cc1. The molecule has 1 aliphatic carbocycles. The smallest absolute Gasteiger partial charge is 0.159 e. The van der Waals surface area contributed by atoms with Crippen molar-refractivity contribution in [3.05, 3.63) is 35.4 Å². The molecule has 0 aromatic heterocycles. The molecule has 1 saturated carbocycles. The molecule has 0 unspecified atom stereocenters. The number of ketones is 1. The highest BCUT2D eigenvalue weighted by Crippen LogP contribution is 2.29. The van der Waals surface area contributed by atoms with Crippen LogP contribution in [-0.4, -0.2) is 5.78 Å². The van der Waals surface area contributed by atoms with Crippen LogP contribution in [0.4, 0.5) is 0 Å². The molecule has 0 heterocycles. The Bertz CT molecular complexity index is 406. The summed E-state index contributed by atoms with van der Waals surface area (Å²) in [4.78, 5) is 11.4. The molecule has 1 heteroatoms. The Balaban J connectivity index is 1.97. The highest BCUT2D eigenvalue weighted by molar-refractivity contribution is 5.94. The van der Waals surface area contributed by atoms with Crippen LogP contribution >= 0.6 is 0 Å². The predicted molar refractivity (Wildman–Crippen MR) is 90.0 cm³/mol. The van der Waals surface area contributed by atoms with Crippen molar-refractivity contribution in [3.8, 4) is 0 Å². The van der Waals surface area contributed by atoms with Gasteiger partial charge >= 0.3 is 0 Å². The Morgan fingerprint density at radius 1 is 0.762 bits per heavy atom. The molecule has 1 fully saturated rings. The molecule has 0 amide bonds. The molecule has 1 aromatic carbocycles. The summed E-state index contributed by atoms with van der Waals surface area (Å²) < 4.78 is 0. The fraction of sp³-hybridized carbons (Fsp3) is 0.650. The summed E-state index contributed by atoms with van der Waals surface area (Å²) in [5.41, 5.74) is 2.28. The van der Waals surface area contributed by atoms with E-state index in [1.807, 2.05) is 12.1 Å². The van der Waals surface area contributed by atoms with Crippen LogP contribution in [0.1, 0.15) is 99.4 Å². The topological polar surface area (TPSA) is 17.1 Å². The van der Waals surface area contributed by atoms with Crippen molar-refractivity contribution in [1.82, 2.24) is 0 Å². The van der Waals surface area contributed by atoms with Gasteiger partial charge in [-0.25, -0.2) is 0 Å². The largest absolute Gasteiger partial charge is 0.295 e. The summed E-state index contributed by atoms with van der Waals surface area (Å²) in [6.45, 7) is 1.64. The molecule has 1 aliphatic rings. The summed E-state index contributed by atoms with van der Waals surface area (Å²) in [5.74, 6) is 0.866. The molecule has 0 N–H and O–H groups in total. The first-order valence-corrected chi connectivity index (χ1v) is 8.88. The highest BCUT2D eigenvalue weighted by Gasteiger charge is 2.12. The van der Waals surface area contributed by atoms with Gasteiger partial charge in [0.05, 0.1) is 0 Å². The third-order valence-electron chi connectivity index (χ3n) is 4.89. The van der Waals surface area contributed by atoms with E-state index in [-0.39, 0.29) is 5.78 Å². The number of carbonyl (C=O) groups excluding carboxylic acids is 1. The molecule has 0 aliphatic heterocycles. The van der Waals surface area contributed by atoms with Crippen LogP contribution < -0.4 is 0 Å². The van der Waals surface area contributed by atoms with E-state index in [0.717, 1.165) is 5.56 Å². The van der Waals surface area contributed by atoms with Crippen molar-refractivity contribution in [3.63, 3.8) is 0 Å². The number of carbonyl (C=O) groups is 1. The first-order valence-electron chi connectivity index (χ1n) is 8.88. The second-order valence-corrected chi connectivity index (χ2v) is 6.63. The van der Waals surface area contributed by atoms with E-state index in [0.29, 0.717) is 5.92 Å². The van der Waals surface area contributed by atoms with E-state index < -0.39 is 0 Å². The van der Waals surface area contributed by atoms with Crippen molar-refractivity contribution >= 4 is 5.78 Å². The van der Waals surface area contributed by atoms with Crippen LogP contribution in [0.5, 0.6) is 0 Å². The van der Waals surface area contributed by atoms with Gasteiger partial charge < -0.3 is 0 Å². The van der Waals surface area contributed by atoms with Crippen LogP contribution in [0.3, 0.4) is 0 Å². The molecule has 0 saturated heterocycles. The van der Waals surface area contributed by atoms with Crippen LogP contribution in [0.2, 0.25) is 0 Å². The first kappa shape index (κ1) is 16.3. The van der Waals surface area contributed by atoms with Crippen LogP contribution in [-0.2, 0) is 0 Å². The quantitative estimate of drug-likeness (QED) is 0.585. The van der Waals surface area contributed by atoms with Crippen molar-refractivity contribution in [2.24, 2.45) is 0 Å². The normalized spacial score (nSPS) is 19.5. The molecule has 116 valence electrons. The summed E-state index contributed by atoms with van der Waals surface area (Å²) >= 11 is 0. The summed E-state index contributed by atoms with van der Waals surface area (Å²) in [6.07, 6.45) is 15.3. The summed E-state index contributed by atoms with van der Waals surface area (Å²) in [6, 6.07) is 8.39. The maximum atomic E-state index is 11.4. The molecule has 21 heavy (non-hydrogen) atoms. The third-order valence-corrected chi connectivity index (χ3v) is 4.89. The van der Waals surface area contributed by atoms with Gasteiger partial charge in [0.25, 0.3) is 0 Å². The minimum atomic E-state index is 0.167. The summed E-state index contributed by atoms with van der Waals surface area (Å²) in [5, 5.41) is 0. The van der Waals surface area contributed by atoms with Crippen molar-refractivity contribution in [2.45, 2.75) is 83.5 Å². The molecule has 0 atom stereocenters. The maximum Gasteiger partial charge on any atom is 0.159 e. The number of hydrogen-bond acceptors (Lipinski definition) is 1. The lowest BCUT2D eigenvalue weighted by atomic mass is 9.87. The fourth-order valence-corrected chi connectivity index (χ4v) is 3.49.